The number of guanidine groups is 1. The second-order valence-corrected chi connectivity index (χ2v) is 7.76. The van der Waals surface area contributed by atoms with Crippen molar-refractivity contribution in [2.45, 2.75) is 44.8 Å². The number of nitrogens with zero attached hydrogens (tertiary/aromatic N) is 2. The van der Waals surface area contributed by atoms with Crippen LogP contribution < -0.4 is 15.4 Å². The van der Waals surface area contributed by atoms with Crippen molar-refractivity contribution in [1.29, 1.82) is 0 Å². The van der Waals surface area contributed by atoms with E-state index in [0.717, 1.165) is 49.6 Å². The number of benzene rings is 1. The van der Waals surface area contributed by atoms with Crippen molar-refractivity contribution in [3.05, 3.63) is 29.8 Å². The third-order valence-corrected chi connectivity index (χ3v) is 5.76. The first-order valence-corrected chi connectivity index (χ1v) is 10.7. The number of halogens is 1. The lowest BCUT2D eigenvalue weighted by Crippen LogP contribution is -2.46. The van der Waals surface area contributed by atoms with Gasteiger partial charge >= 0.3 is 0 Å². The Morgan fingerprint density at radius 2 is 2.00 bits per heavy atom. The highest BCUT2D eigenvalue weighted by Crippen LogP contribution is 2.27. The maximum Gasteiger partial charge on any atom is 0.225 e. The molecule has 2 aliphatic rings. The summed E-state index contributed by atoms with van der Waals surface area (Å²) in [5.41, 5.74) is 1.04. The van der Waals surface area contributed by atoms with E-state index >= 15 is 0 Å². The van der Waals surface area contributed by atoms with Gasteiger partial charge in [0, 0.05) is 44.2 Å². The zero-order chi connectivity index (χ0) is 20.5. The Hall–Kier alpha value is -1.55. The average molecular weight is 530 g/mol. The Balaban J connectivity index is 0.00000320. The number of rotatable bonds is 8. The third-order valence-electron chi connectivity index (χ3n) is 5.76. The number of para-hydroxylation sites is 1. The first kappa shape index (κ1) is 24.7. The first-order chi connectivity index (χ1) is 14.2. The van der Waals surface area contributed by atoms with Gasteiger partial charge in [0.25, 0.3) is 0 Å². The number of amides is 1. The number of likely N-dealkylation sites (tertiary alicyclic amines) is 1. The number of hydrogen-bond acceptors (Lipinski definition) is 4. The highest BCUT2D eigenvalue weighted by atomic mass is 127. The fraction of sp³-hybridized carbons (Fsp3) is 0.636. The molecule has 1 aromatic rings. The predicted molar refractivity (Wildman–Crippen MR) is 130 cm³/mol. The zero-order valence-electron chi connectivity index (χ0n) is 18.1. The average Bonchev–Trinajstić information content (AvgIpc) is 3.45. The Morgan fingerprint density at radius 1 is 1.23 bits per heavy atom. The van der Waals surface area contributed by atoms with Crippen LogP contribution in [0.15, 0.2) is 29.3 Å². The van der Waals surface area contributed by atoms with Gasteiger partial charge in [0.15, 0.2) is 5.96 Å². The van der Waals surface area contributed by atoms with E-state index in [4.69, 9.17) is 9.47 Å². The Kier molecular flexibility index (Phi) is 10.7. The summed E-state index contributed by atoms with van der Waals surface area (Å²) in [6.07, 6.45) is 5.48. The SMILES string of the molecule is CN=C(NCCOCc1ccccc1OC)NC1CCN(C(=O)C2CCCC2)C1.I. The predicted octanol–water partition coefficient (Wildman–Crippen LogP) is 2.79. The molecule has 3 rings (SSSR count). The number of ether oxygens (including phenoxy) is 2. The molecule has 1 saturated heterocycles. The molecule has 1 amide bonds. The Labute approximate surface area is 197 Å². The molecule has 0 radical (unpaired) electrons. The Bertz CT molecular complexity index is 695. The van der Waals surface area contributed by atoms with Gasteiger partial charge in [-0.2, -0.15) is 0 Å². The van der Waals surface area contributed by atoms with Gasteiger partial charge in [-0.15, -0.1) is 24.0 Å². The van der Waals surface area contributed by atoms with Crippen molar-refractivity contribution >= 4 is 35.8 Å². The van der Waals surface area contributed by atoms with E-state index in [1.54, 1.807) is 14.2 Å². The minimum Gasteiger partial charge on any atom is -0.496 e. The summed E-state index contributed by atoms with van der Waals surface area (Å²) >= 11 is 0. The summed E-state index contributed by atoms with van der Waals surface area (Å²) in [6, 6.07) is 8.12. The molecule has 1 aromatic carbocycles. The topological polar surface area (TPSA) is 75.2 Å². The molecule has 1 aliphatic heterocycles. The van der Waals surface area contributed by atoms with Crippen LogP contribution in [-0.4, -0.2) is 63.2 Å². The van der Waals surface area contributed by atoms with Crippen LogP contribution in [0.25, 0.3) is 0 Å². The Morgan fingerprint density at radius 3 is 2.73 bits per heavy atom. The summed E-state index contributed by atoms with van der Waals surface area (Å²) in [6.45, 7) is 3.34. The van der Waals surface area contributed by atoms with Crippen molar-refractivity contribution in [2.75, 3.05) is 40.4 Å². The van der Waals surface area contributed by atoms with Gasteiger partial charge in [0.1, 0.15) is 5.75 Å². The summed E-state index contributed by atoms with van der Waals surface area (Å²) in [5.74, 6) is 2.20. The van der Waals surface area contributed by atoms with E-state index in [-0.39, 0.29) is 35.9 Å². The smallest absolute Gasteiger partial charge is 0.225 e. The van der Waals surface area contributed by atoms with Crippen molar-refractivity contribution < 1.29 is 14.3 Å². The summed E-state index contributed by atoms with van der Waals surface area (Å²) in [4.78, 5) is 18.9. The second kappa shape index (κ2) is 13.0. The molecule has 0 bridgehead atoms. The van der Waals surface area contributed by atoms with Crippen LogP contribution in [0, 0.1) is 5.92 Å². The largest absolute Gasteiger partial charge is 0.496 e. The lowest BCUT2D eigenvalue weighted by Gasteiger charge is -2.21. The molecule has 2 N–H and O–H groups in total. The van der Waals surface area contributed by atoms with Crippen LogP contribution in [0.4, 0.5) is 0 Å². The first-order valence-electron chi connectivity index (χ1n) is 10.7. The van der Waals surface area contributed by atoms with E-state index in [9.17, 15) is 4.79 Å². The van der Waals surface area contributed by atoms with Gasteiger partial charge in [0.2, 0.25) is 5.91 Å². The molecule has 8 heteroatoms. The normalized spacial score (nSPS) is 19.5. The molecule has 1 atom stereocenters. The molecule has 1 saturated carbocycles. The van der Waals surface area contributed by atoms with Crippen LogP contribution in [0.3, 0.4) is 0 Å². The van der Waals surface area contributed by atoms with Crippen LogP contribution >= 0.6 is 24.0 Å². The fourth-order valence-electron chi connectivity index (χ4n) is 4.14. The van der Waals surface area contributed by atoms with Crippen LogP contribution in [0.5, 0.6) is 5.75 Å². The lowest BCUT2D eigenvalue weighted by molar-refractivity contribution is -0.134. The quantitative estimate of drug-likeness (QED) is 0.234. The summed E-state index contributed by atoms with van der Waals surface area (Å²) in [7, 11) is 3.43. The molecule has 30 heavy (non-hydrogen) atoms. The maximum atomic E-state index is 12.6. The van der Waals surface area contributed by atoms with Gasteiger partial charge in [0.05, 0.1) is 20.3 Å². The van der Waals surface area contributed by atoms with Crippen molar-refractivity contribution in [3.8, 4) is 5.75 Å². The highest BCUT2D eigenvalue weighted by molar-refractivity contribution is 14.0. The van der Waals surface area contributed by atoms with E-state index < -0.39 is 0 Å². The van der Waals surface area contributed by atoms with Gasteiger partial charge in [-0.3, -0.25) is 9.79 Å². The van der Waals surface area contributed by atoms with Gasteiger partial charge in [-0.05, 0) is 25.3 Å². The lowest BCUT2D eigenvalue weighted by atomic mass is 10.1. The van der Waals surface area contributed by atoms with Gasteiger partial charge < -0.3 is 25.0 Å². The number of nitrogens with one attached hydrogen (secondary N) is 2. The third kappa shape index (κ3) is 7.01. The molecule has 1 heterocycles. The molecular weight excluding hydrogens is 495 g/mol. The van der Waals surface area contributed by atoms with E-state index in [1.165, 1.54) is 12.8 Å². The second-order valence-electron chi connectivity index (χ2n) is 7.76. The van der Waals surface area contributed by atoms with E-state index in [2.05, 4.69) is 15.6 Å². The van der Waals surface area contributed by atoms with Gasteiger partial charge in [-0.25, -0.2) is 0 Å². The molecule has 1 unspecified atom stereocenters. The van der Waals surface area contributed by atoms with Crippen LogP contribution in [0.1, 0.15) is 37.7 Å². The fourth-order valence-corrected chi connectivity index (χ4v) is 4.14. The molecule has 168 valence electrons. The summed E-state index contributed by atoms with van der Waals surface area (Å²) < 4.78 is 11.1. The molecule has 0 aromatic heterocycles. The van der Waals surface area contributed by atoms with Crippen LogP contribution in [-0.2, 0) is 16.1 Å². The van der Waals surface area contributed by atoms with E-state index in [0.29, 0.717) is 25.7 Å². The van der Waals surface area contributed by atoms with Crippen molar-refractivity contribution in [2.24, 2.45) is 10.9 Å². The standard InChI is InChI=1S/C22H34N4O3.HI/c1-23-22(24-12-14-29-16-18-9-5-6-10-20(18)28-2)25-19-11-13-26(15-19)21(27)17-7-3-4-8-17;/h5-6,9-10,17,19H,3-4,7-8,11-16H2,1-2H3,(H2,23,24,25);1H. The number of carbonyl (C=O) groups excluding carboxylic acids is 1. The zero-order valence-corrected chi connectivity index (χ0v) is 20.4. The molecular formula is C22H35IN4O3. The molecule has 0 spiro atoms. The molecule has 7 nitrogen and oxygen atoms in total. The van der Waals surface area contributed by atoms with Crippen molar-refractivity contribution in [1.82, 2.24) is 15.5 Å². The monoisotopic (exact) mass is 530 g/mol. The van der Waals surface area contributed by atoms with Gasteiger partial charge in [-0.1, -0.05) is 31.0 Å². The number of methoxy groups -OCH3 is 1. The van der Waals surface area contributed by atoms with Crippen molar-refractivity contribution in [3.63, 3.8) is 0 Å². The number of hydrogen-bond donors (Lipinski definition) is 2. The van der Waals surface area contributed by atoms with Crippen LogP contribution in [0.2, 0.25) is 0 Å². The molecule has 2 fully saturated rings. The minimum absolute atomic E-state index is 0. The highest BCUT2D eigenvalue weighted by Gasteiger charge is 2.32. The number of aliphatic imine (C=N–C) groups is 1. The molecule has 1 aliphatic carbocycles. The maximum absolute atomic E-state index is 12.6. The summed E-state index contributed by atoms with van der Waals surface area (Å²) in [5, 5.41) is 6.73. The minimum atomic E-state index is 0. The van der Waals surface area contributed by atoms with E-state index in [1.807, 2.05) is 29.2 Å². The number of carbonyl (C=O) groups is 1.